The van der Waals surface area contributed by atoms with E-state index in [-0.39, 0.29) is 0 Å². The molecule has 0 aliphatic rings. The smallest absolute Gasteiger partial charge is 0.000139 e. The Morgan fingerprint density at radius 3 is 2.40 bits per heavy atom. The Hall–Kier alpha value is -0.0800. The first-order valence-corrected chi connectivity index (χ1v) is 3.96. The molecule has 2 heteroatoms. The van der Waals surface area contributed by atoms with Crippen LogP contribution in [0.25, 0.3) is 0 Å². The first-order chi connectivity index (χ1) is 4.66. The molecule has 0 bridgehead atoms. The molecule has 1 unspecified atom stereocenters. The van der Waals surface area contributed by atoms with Gasteiger partial charge in [0.2, 0.25) is 0 Å². The zero-order valence-electron chi connectivity index (χ0n) is 7.65. The van der Waals surface area contributed by atoms with E-state index in [1.165, 1.54) is 13.0 Å². The van der Waals surface area contributed by atoms with Gasteiger partial charge in [0, 0.05) is 6.54 Å². The van der Waals surface area contributed by atoms with Gasteiger partial charge < -0.3 is 10.2 Å². The topological polar surface area (TPSA) is 15.3 Å². The predicted octanol–water partition coefficient (Wildman–Crippen LogP) is 0.794. The van der Waals surface area contributed by atoms with E-state index in [0.29, 0.717) is 0 Å². The lowest BCUT2D eigenvalue weighted by Crippen LogP contribution is -2.22. The van der Waals surface area contributed by atoms with Crippen LogP contribution in [0.1, 0.15) is 13.3 Å². The lowest BCUT2D eigenvalue weighted by Gasteiger charge is -2.15. The van der Waals surface area contributed by atoms with Crippen LogP contribution < -0.4 is 5.32 Å². The minimum absolute atomic E-state index is 0.808. The Morgan fingerprint density at radius 1 is 1.40 bits per heavy atom. The molecular weight excluding hydrogens is 124 g/mol. The van der Waals surface area contributed by atoms with Crippen molar-refractivity contribution in [3.8, 4) is 0 Å². The van der Waals surface area contributed by atoms with Gasteiger partial charge in [-0.3, -0.25) is 0 Å². The molecule has 0 spiro atoms. The Bertz CT molecular complexity index is 71.7. The minimum atomic E-state index is 0.808. The van der Waals surface area contributed by atoms with Crippen LogP contribution in [0.3, 0.4) is 0 Å². The van der Waals surface area contributed by atoms with Gasteiger partial charge in [0.15, 0.2) is 0 Å². The van der Waals surface area contributed by atoms with Crippen molar-refractivity contribution >= 4 is 0 Å². The average Bonchev–Trinajstić information content (AvgIpc) is 1.82. The second-order valence-corrected chi connectivity index (χ2v) is 3.26. The SMILES string of the molecule is CNCCC(C)CN(C)C. The molecule has 0 saturated carbocycles. The fourth-order valence-corrected chi connectivity index (χ4v) is 1.11. The third-order valence-electron chi connectivity index (χ3n) is 1.56. The quantitative estimate of drug-likeness (QED) is 0.614. The van der Waals surface area contributed by atoms with Gasteiger partial charge in [0.05, 0.1) is 0 Å². The molecule has 0 radical (unpaired) electrons. The minimum Gasteiger partial charge on any atom is -0.320 e. The van der Waals surface area contributed by atoms with Gasteiger partial charge in [-0.25, -0.2) is 0 Å². The maximum absolute atomic E-state index is 3.15. The van der Waals surface area contributed by atoms with E-state index in [0.717, 1.165) is 12.5 Å². The zero-order chi connectivity index (χ0) is 7.98. The lowest BCUT2D eigenvalue weighted by molar-refractivity contribution is 0.327. The summed E-state index contributed by atoms with van der Waals surface area (Å²) in [6.45, 7) is 4.62. The van der Waals surface area contributed by atoms with Gasteiger partial charge >= 0.3 is 0 Å². The number of hydrogen-bond acceptors (Lipinski definition) is 2. The third-order valence-corrected chi connectivity index (χ3v) is 1.56. The molecular formula is C8H20N2. The Balaban J connectivity index is 3.16. The van der Waals surface area contributed by atoms with Crippen molar-refractivity contribution in [1.29, 1.82) is 0 Å². The van der Waals surface area contributed by atoms with Crippen molar-refractivity contribution in [3.05, 3.63) is 0 Å². The molecule has 0 saturated heterocycles. The molecule has 10 heavy (non-hydrogen) atoms. The molecule has 0 aliphatic carbocycles. The van der Waals surface area contributed by atoms with E-state index in [1.54, 1.807) is 0 Å². The van der Waals surface area contributed by atoms with Crippen molar-refractivity contribution < 1.29 is 0 Å². The predicted molar refractivity (Wildman–Crippen MR) is 46.3 cm³/mol. The van der Waals surface area contributed by atoms with E-state index in [9.17, 15) is 0 Å². The van der Waals surface area contributed by atoms with Gasteiger partial charge in [-0.1, -0.05) is 6.92 Å². The van der Waals surface area contributed by atoms with Crippen LogP contribution in [0.4, 0.5) is 0 Å². The van der Waals surface area contributed by atoms with Gasteiger partial charge in [-0.05, 0) is 40.0 Å². The van der Waals surface area contributed by atoms with Gasteiger partial charge in [0.25, 0.3) is 0 Å². The summed E-state index contributed by atoms with van der Waals surface area (Å²) in [5.74, 6) is 0.808. The van der Waals surface area contributed by atoms with Crippen LogP contribution in [-0.4, -0.2) is 39.1 Å². The Morgan fingerprint density at radius 2 is 2.00 bits per heavy atom. The lowest BCUT2D eigenvalue weighted by atomic mass is 10.1. The van der Waals surface area contributed by atoms with Crippen molar-refractivity contribution in [2.75, 3.05) is 34.2 Å². The maximum Gasteiger partial charge on any atom is 0.000139 e. The van der Waals surface area contributed by atoms with Crippen LogP contribution in [0.15, 0.2) is 0 Å². The largest absolute Gasteiger partial charge is 0.320 e. The van der Waals surface area contributed by atoms with Crippen LogP contribution >= 0.6 is 0 Å². The molecule has 0 aromatic carbocycles. The molecule has 62 valence electrons. The van der Waals surface area contributed by atoms with Gasteiger partial charge in [-0.15, -0.1) is 0 Å². The van der Waals surface area contributed by atoms with Crippen LogP contribution in [0.5, 0.6) is 0 Å². The first kappa shape index (κ1) is 9.92. The normalized spacial score (nSPS) is 14.1. The standard InChI is InChI=1S/C8H20N2/c1-8(5-6-9-2)7-10(3)4/h8-9H,5-7H2,1-4H3. The highest BCUT2D eigenvalue weighted by atomic mass is 15.1. The summed E-state index contributed by atoms with van der Waals surface area (Å²) in [4.78, 5) is 2.24. The molecule has 0 aromatic rings. The summed E-state index contributed by atoms with van der Waals surface area (Å²) in [5, 5.41) is 3.15. The number of rotatable bonds is 5. The Kier molecular flexibility index (Phi) is 5.64. The molecule has 2 nitrogen and oxygen atoms in total. The van der Waals surface area contributed by atoms with Crippen LogP contribution in [0.2, 0.25) is 0 Å². The van der Waals surface area contributed by atoms with Gasteiger partial charge in [-0.2, -0.15) is 0 Å². The highest BCUT2D eigenvalue weighted by Gasteiger charge is 2.01. The van der Waals surface area contributed by atoms with Crippen molar-refractivity contribution in [2.24, 2.45) is 5.92 Å². The van der Waals surface area contributed by atoms with E-state index >= 15 is 0 Å². The molecule has 0 heterocycles. The van der Waals surface area contributed by atoms with Crippen LogP contribution in [0, 0.1) is 5.92 Å². The number of nitrogens with one attached hydrogen (secondary N) is 1. The van der Waals surface area contributed by atoms with Crippen molar-refractivity contribution in [1.82, 2.24) is 10.2 Å². The average molecular weight is 144 g/mol. The molecule has 0 amide bonds. The second kappa shape index (κ2) is 5.69. The summed E-state index contributed by atoms with van der Waals surface area (Å²) in [5.41, 5.74) is 0. The molecule has 0 aliphatic heterocycles. The summed E-state index contributed by atoms with van der Waals surface area (Å²) >= 11 is 0. The van der Waals surface area contributed by atoms with E-state index in [2.05, 4.69) is 31.2 Å². The Labute approximate surface area is 64.6 Å². The third kappa shape index (κ3) is 6.05. The molecule has 1 N–H and O–H groups in total. The summed E-state index contributed by atoms with van der Waals surface area (Å²) in [7, 11) is 6.24. The number of nitrogens with zero attached hydrogens (tertiary/aromatic N) is 1. The molecule has 0 rings (SSSR count). The molecule has 0 aromatic heterocycles. The zero-order valence-corrected chi connectivity index (χ0v) is 7.65. The highest BCUT2D eigenvalue weighted by molar-refractivity contribution is 4.56. The van der Waals surface area contributed by atoms with E-state index < -0.39 is 0 Å². The molecule has 0 fully saturated rings. The number of hydrogen-bond donors (Lipinski definition) is 1. The monoisotopic (exact) mass is 144 g/mol. The van der Waals surface area contributed by atoms with Gasteiger partial charge in [0.1, 0.15) is 0 Å². The van der Waals surface area contributed by atoms with E-state index in [1.807, 2.05) is 7.05 Å². The highest BCUT2D eigenvalue weighted by Crippen LogP contribution is 2.00. The first-order valence-electron chi connectivity index (χ1n) is 3.96. The van der Waals surface area contributed by atoms with Crippen molar-refractivity contribution in [2.45, 2.75) is 13.3 Å². The molecule has 1 atom stereocenters. The van der Waals surface area contributed by atoms with Crippen molar-refractivity contribution in [3.63, 3.8) is 0 Å². The summed E-state index contributed by atoms with van der Waals surface area (Å²) in [6.07, 6.45) is 1.27. The summed E-state index contributed by atoms with van der Waals surface area (Å²) in [6, 6.07) is 0. The fraction of sp³-hybridized carbons (Fsp3) is 1.00. The van der Waals surface area contributed by atoms with Crippen LogP contribution in [-0.2, 0) is 0 Å². The van der Waals surface area contributed by atoms with E-state index in [4.69, 9.17) is 0 Å². The second-order valence-electron chi connectivity index (χ2n) is 3.26. The summed E-state index contributed by atoms with van der Waals surface area (Å²) < 4.78 is 0. The maximum atomic E-state index is 3.15. The fourth-order valence-electron chi connectivity index (χ4n) is 1.11.